The highest BCUT2D eigenvalue weighted by molar-refractivity contribution is 5.32. The number of benzene rings is 1. The summed E-state index contributed by atoms with van der Waals surface area (Å²) >= 11 is 0. The van der Waals surface area contributed by atoms with Gasteiger partial charge in [0.25, 0.3) is 6.47 Å². The summed E-state index contributed by atoms with van der Waals surface area (Å²) in [6.45, 7) is 5.38. The Morgan fingerprint density at radius 2 is 1.94 bits per heavy atom. The van der Waals surface area contributed by atoms with Crippen LogP contribution in [-0.2, 0) is 17.9 Å². The van der Waals surface area contributed by atoms with Gasteiger partial charge < -0.3 is 5.11 Å². The van der Waals surface area contributed by atoms with E-state index in [0.29, 0.717) is 0 Å². The van der Waals surface area contributed by atoms with Crippen molar-refractivity contribution in [2.75, 3.05) is 7.05 Å². The number of hydrogen-bond donors (Lipinski definition) is 1. The van der Waals surface area contributed by atoms with Crippen LogP contribution in [-0.4, -0.2) is 23.5 Å². The molecule has 0 radical (unpaired) electrons. The van der Waals surface area contributed by atoms with E-state index in [0.717, 1.165) is 24.2 Å². The standard InChI is InChI=1S/C9H10FN.C2H6.CH2O2/c1-11-5-7-3-2-4-9(10)8(7)6-11;1-2;2-1-3/h2-4H,5-6H2,1H3;1-2H3;1H,(H,2,3). The van der Waals surface area contributed by atoms with Gasteiger partial charge in [0.15, 0.2) is 0 Å². The number of fused-ring (bicyclic) bond motifs is 1. The Morgan fingerprint density at radius 3 is 2.44 bits per heavy atom. The fourth-order valence-corrected chi connectivity index (χ4v) is 1.55. The van der Waals surface area contributed by atoms with Crippen LogP contribution in [0.1, 0.15) is 25.0 Å². The Labute approximate surface area is 95.5 Å². The lowest BCUT2D eigenvalue weighted by Gasteiger charge is -2.02. The van der Waals surface area contributed by atoms with E-state index in [9.17, 15) is 4.39 Å². The number of carboxylic acid groups (broad SMARTS) is 1. The molecule has 0 atom stereocenters. The van der Waals surface area contributed by atoms with Gasteiger partial charge in [-0.2, -0.15) is 0 Å². The molecular weight excluding hydrogens is 209 g/mol. The maximum absolute atomic E-state index is 13.0. The highest BCUT2D eigenvalue weighted by atomic mass is 19.1. The molecule has 1 aromatic carbocycles. The first-order valence-corrected chi connectivity index (χ1v) is 5.21. The summed E-state index contributed by atoms with van der Waals surface area (Å²) in [7, 11) is 2.00. The summed E-state index contributed by atoms with van der Waals surface area (Å²) in [5, 5.41) is 6.89. The first-order chi connectivity index (χ1) is 7.69. The molecule has 1 aliphatic rings. The molecule has 0 aliphatic carbocycles. The monoisotopic (exact) mass is 227 g/mol. The minimum Gasteiger partial charge on any atom is -0.483 e. The molecule has 0 amide bonds. The minimum atomic E-state index is -0.250. The Hall–Kier alpha value is -1.42. The molecule has 0 unspecified atom stereocenters. The average molecular weight is 227 g/mol. The maximum atomic E-state index is 13.0. The Balaban J connectivity index is 0.000000394. The predicted octanol–water partition coefficient (Wildman–Crippen LogP) is 2.50. The predicted molar refractivity (Wildman–Crippen MR) is 61.6 cm³/mol. The van der Waals surface area contributed by atoms with Gasteiger partial charge in [-0.15, -0.1) is 0 Å². The number of rotatable bonds is 0. The van der Waals surface area contributed by atoms with Crippen LogP contribution >= 0.6 is 0 Å². The lowest BCUT2D eigenvalue weighted by atomic mass is 10.1. The van der Waals surface area contributed by atoms with E-state index in [4.69, 9.17) is 9.90 Å². The molecule has 1 heterocycles. The average Bonchev–Trinajstić information content (AvgIpc) is 2.64. The molecule has 16 heavy (non-hydrogen) atoms. The van der Waals surface area contributed by atoms with Crippen LogP contribution in [0.5, 0.6) is 0 Å². The third-order valence-corrected chi connectivity index (χ3v) is 2.08. The molecule has 0 spiro atoms. The summed E-state index contributed by atoms with van der Waals surface area (Å²) in [6, 6.07) is 5.28. The molecule has 2 rings (SSSR count). The van der Waals surface area contributed by atoms with Crippen LogP contribution in [0.3, 0.4) is 0 Å². The lowest BCUT2D eigenvalue weighted by Crippen LogP contribution is -2.07. The molecule has 0 fully saturated rings. The second-order valence-corrected chi connectivity index (χ2v) is 3.16. The van der Waals surface area contributed by atoms with E-state index in [1.807, 2.05) is 27.0 Å². The zero-order valence-corrected chi connectivity index (χ0v) is 9.90. The molecule has 1 aromatic rings. The van der Waals surface area contributed by atoms with Gasteiger partial charge in [0, 0.05) is 18.7 Å². The van der Waals surface area contributed by atoms with Gasteiger partial charge in [0.1, 0.15) is 5.82 Å². The summed E-state index contributed by atoms with van der Waals surface area (Å²) in [4.78, 5) is 10.5. The second kappa shape index (κ2) is 7.82. The summed E-state index contributed by atoms with van der Waals surface area (Å²) in [5.74, 6) is -0.0631. The quantitative estimate of drug-likeness (QED) is 0.692. The van der Waals surface area contributed by atoms with Crippen LogP contribution in [0, 0.1) is 5.82 Å². The van der Waals surface area contributed by atoms with Crippen LogP contribution in [0.4, 0.5) is 4.39 Å². The Morgan fingerprint density at radius 1 is 1.38 bits per heavy atom. The van der Waals surface area contributed by atoms with Gasteiger partial charge in [-0.3, -0.25) is 9.69 Å². The molecule has 0 bridgehead atoms. The fourth-order valence-electron chi connectivity index (χ4n) is 1.55. The van der Waals surface area contributed by atoms with Crippen LogP contribution in [0.15, 0.2) is 18.2 Å². The van der Waals surface area contributed by atoms with E-state index >= 15 is 0 Å². The molecule has 0 saturated carbocycles. The molecule has 1 N–H and O–H groups in total. The summed E-state index contributed by atoms with van der Waals surface area (Å²) < 4.78 is 13.0. The van der Waals surface area contributed by atoms with Gasteiger partial charge in [0.05, 0.1) is 0 Å². The van der Waals surface area contributed by atoms with Crippen molar-refractivity contribution in [1.29, 1.82) is 0 Å². The van der Waals surface area contributed by atoms with Crippen molar-refractivity contribution in [3.05, 3.63) is 35.1 Å². The third kappa shape index (κ3) is 3.98. The van der Waals surface area contributed by atoms with Gasteiger partial charge in [0.2, 0.25) is 0 Å². The molecule has 4 heteroatoms. The van der Waals surface area contributed by atoms with Gasteiger partial charge in [-0.1, -0.05) is 26.0 Å². The molecule has 0 saturated heterocycles. The van der Waals surface area contributed by atoms with E-state index in [1.54, 1.807) is 6.07 Å². The number of carbonyl (C=O) groups is 1. The van der Waals surface area contributed by atoms with Crippen LogP contribution in [0.2, 0.25) is 0 Å². The maximum Gasteiger partial charge on any atom is 0.290 e. The summed E-state index contributed by atoms with van der Waals surface area (Å²) in [5.41, 5.74) is 2.00. The zero-order valence-electron chi connectivity index (χ0n) is 9.90. The van der Waals surface area contributed by atoms with Crippen molar-refractivity contribution in [1.82, 2.24) is 4.90 Å². The minimum absolute atomic E-state index is 0.0631. The fraction of sp³-hybridized carbons (Fsp3) is 0.417. The normalized spacial score (nSPS) is 12.8. The Kier molecular flexibility index (Phi) is 7.12. The molecule has 0 aromatic heterocycles. The first-order valence-electron chi connectivity index (χ1n) is 5.21. The number of hydrogen-bond acceptors (Lipinski definition) is 2. The van der Waals surface area contributed by atoms with Crippen molar-refractivity contribution in [2.45, 2.75) is 26.9 Å². The Bertz CT molecular complexity index is 329. The van der Waals surface area contributed by atoms with Crippen molar-refractivity contribution in [3.63, 3.8) is 0 Å². The highest BCUT2D eigenvalue weighted by Crippen LogP contribution is 2.23. The smallest absolute Gasteiger partial charge is 0.290 e. The van der Waals surface area contributed by atoms with E-state index < -0.39 is 0 Å². The number of nitrogens with zero attached hydrogens (tertiary/aromatic N) is 1. The van der Waals surface area contributed by atoms with E-state index in [2.05, 4.69) is 4.90 Å². The molecule has 1 aliphatic heterocycles. The van der Waals surface area contributed by atoms with Gasteiger partial charge in [-0.25, -0.2) is 4.39 Å². The third-order valence-electron chi connectivity index (χ3n) is 2.08. The number of halogens is 1. The van der Waals surface area contributed by atoms with Crippen LogP contribution in [0.25, 0.3) is 0 Å². The molecule has 3 nitrogen and oxygen atoms in total. The van der Waals surface area contributed by atoms with Gasteiger partial charge in [-0.05, 0) is 18.7 Å². The topological polar surface area (TPSA) is 40.5 Å². The van der Waals surface area contributed by atoms with Crippen molar-refractivity contribution in [2.24, 2.45) is 0 Å². The van der Waals surface area contributed by atoms with Crippen LogP contribution < -0.4 is 0 Å². The van der Waals surface area contributed by atoms with Gasteiger partial charge >= 0.3 is 0 Å². The molecule has 90 valence electrons. The van der Waals surface area contributed by atoms with Crippen molar-refractivity contribution < 1.29 is 14.3 Å². The summed E-state index contributed by atoms with van der Waals surface area (Å²) in [6.07, 6.45) is 0. The molecular formula is C12H18FNO2. The van der Waals surface area contributed by atoms with E-state index in [1.165, 1.54) is 6.07 Å². The largest absolute Gasteiger partial charge is 0.483 e. The first kappa shape index (κ1) is 14.6. The highest BCUT2D eigenvalue weighted by Gasteiger charge is 2.17. The zero-order chi connectivity index (χ0) is 12.6. The van der Waals surface area contributed by atoms with Crippen molar-refractivity contribution >= 4 is 6.47 Å². The van der Waals surface area contributed by atoms with Crippen molar-refractivity contribution in [3.8, 4) is 0 Å². The second-order valence-electron chi connectivity index (χ2n) is 3.16. The SMILES string of the molecule is CC.CN1Cc2cccc(F)c2C1.O=CO. The lowest BCUT2D eigenvalue weighted by molar-refractivity contribution is -0.122. The van der Waals surface area contributed by atoms with E-state index in [-0.39, 0.29) is 12.3 Å².